The lowest BCUT2D eigenvalue weighted by molar-refractivity contribution is 0.230. The lowest BCUT2D eigenvalue weighted by atomic mass is 9.86. The van der Waals surface area contributed by atoms with Crippen LogP contribution in [0.15, 0.2) is 0 Å². The molecule has 7 heteroatoms. The van der Waals surface area contributed by atoms with Crippen LogP contribution in [0.25, 0.3) is 0 Å². The molecule has 1 saturated carbocycles. The molecule has 0 spiro atoms. The molecule has 0 aromatic carbocycles. The first-order valence-corrected chi connectivity index (χ1v) is 6.48. The number of nitrogens with one attached hydrogen (secondary N) is 1. The zero-order valence-corrected chi connectivity index (χ0v) is 9.14. The van der Waals surface area contributed by atoms with Crippen LogP contribution in [0.1, 0.15) is 25.7 Å². The summed E-state index contributed by atoms with van der Waals surface area (Å²) in [5.74, 6) is -3.27. The highest BCUT2D eigenvalue weighted by Gasteiger charge is 2.26. The number of alkyl halides is 2. The summed E-state index contributed by atoms with van der Waals surface area (Å²) in [7, 11) is -4.44. The smallest absolute Gasteiger partial charge is 0.328 e. The van der Waals surface area contributed by atoms with E-state index in [1.54, 1.807) is 0 Å². The van der Waals surface area contributed by atoms with Crippen LogP contribution < -0.4 is 10.5 Å². The molecule has 0 bridgehead atoms. The van der Waals surface area contributed by atoms with Gasteiger partial charge >= 0.3 is 5.76 Å². The van der Waals surface area contributed by atoms with Crippen LogP contribution in [0.5, 0.6) is 0 Å². The maximum Gasteiger partial charge on any atom is 0.350 e. The fourth-order valence-corrected chi connectivity index (χ4v) is 2.41. The average molecular weight is 242 g/mol. The summed E-state index contributed by atoms with van der Waals surface area (Å²) in [6.45, 7) is 0.0698. The number of halogens is 2. The van der Waals surface area contributed by atoms with Crippen molar-refractivity contribution in [3.63, 3.8) is 0 Å². The predicted molar refractivity (Wildman–Crippen MR) is 52.9 cm³/mol. The van der Waals surface area contributed by atoms with Gasteiger partial charge in [-0.3, -0.25) is 0 Å². The van der Waals surface area contributed by atoms with Gasteiger partial charge < -0.3 is 5.73 Å². The molecule has 0 saturated heterocycles. The van der Waals surface area contributed by atoms with E-state index in [0.29, 0.717) is 6.42 Å². The molecular formula is C8H16F2N2O2S. The monoisotopic (exact) mass is 242 g/mol. The van der Waals surface area contributed by atoms with Crippen molar-refractivity contribution in [3.05, 3.63) is 0 Å². The minimum Gasteiger partial charge on any atom is -0.328 e. The van der Waals surface area contributed by atoms with E-state index in [-0.39, 0.29) is 18.5 Å². The van der Waals surface area contributed by atoms with Crippen LogP contribution >= 0.6 is 0 Å². The number of hydrogen-bond acceptors (Lipinski definition) is 3. The molecule has 1 aliphatic rings. The first-order chi connectivity index (χ1) is 6.92. The van der Waals surface area contributed by atoms with Crippen LogP contribution in [0.2, 0.25) is 0 Å². The molecule has 0 aromatic heterocycles. The molecule has 1 fully saturated rings. The van der Waals surface area contributed by atoms with Gasteiger partial charge in [-0.25, -0.2) is 13.1 Å². The van der Waals surface area contributed by atoms with Gasteiger partial charge in [0.15, 0.2) is 0 Å². The van der Waals surface area contributed by atoms with E-state index >= 15 is 0 Å². The number of hydrogen-bond donors (Lipinski definition) is 2. The minimum atomic E-state index is -4.44. The summed E-state index contributed by atoms with van der Waals surface area (Å²) >= 11 is 0. The molecule has 3 N–H and O–H groups in total. The number of rotatable bonds is 4. The third-order valence-corrected chi connectivity index (χ3v) is 3.67. The fraction of sp³-hybridized carbons (Fsp3) is 1.00. The molecule has 1 aliphatic carbocycles. The van der Waals surface area contributed by atoms with E-state index in [2.05, 4.69) is 0 Å². The summed E-state index contributed by atoms with van der Waals surface area (Å²) in [6, 6.07) is 0.0693. The molecule has 1 rings (SSSR count). The second-order valence-electron chi connectivity index (χ2n) is 3.95. The maximum atomic E-state index is 12.0. The normalized spacial score (nSPS) is 28.3. The van der Waals surface area contributed by atoms with E-state index in [1.165, 1.54) is 0 Å². The van der Waals surface area contributed by atoms with Gasteiger partial charge in [0, 0.05) is 12.6 Å². The maximum absolute atomic E-state index is 12.0. The lowest BCUT2D eigenvalue weighted by Gasteiger charge is -2.26. The Morgan fingerprint density at radius 1 is 1.40 bits per heavy atom. The molecule has 0 heterocycles. The van der Waals surface area contributed by atoms with Crippen molar-refractivity contribution in [1.29, 1.82) is 0 Å². The van der Waals surface area contributed by atoms with Gasteiger partial charge in [0.2, 0.25) is 0 Å². The number of sulfonamides is 1. The highest BCUT2D eigenvalue weighted by atomic mass is 32.2. The standard InChI is InChI=1S/C8H16F2N2O2S/c9-8(10)15(13,14)12-5-6-2-1-3-7(11)4-6/h6-8,12H,1-5,11H2. The Labute approximate surface area is 88.3 Å². The molecule has 0 radical (unpaired) electrons. The van der Waals surface area contributed by atoms with Crippen LogP contribution in [0, 0.1) is 5.92 Å². The second kappa shape index (κ2) is 5.18. The van der Waals surface area contributed by atoms with Gasteiger partial charge in [0.25, 0.3) is 10.0 Å². The number of nitrogens with two attached hydrogens (primary N) is 1. The zero-order valence-electron chi connectivity index (χ0n) is 8.33. The molecule has 0 aliphatic heterocycles. The average Bonchev–Trinajstić information content (AvgIpc) is 2.15. The van der Waals surface area contributed by atoms with Crippen molar-refractivity contribution >= 4 is 10.0 Å². The van der Waals surface area contributed by atoms with E-state index < -0.39 is 15.8 Å². The van der Waals surface area contributed by atoms with Gasteiger partial charge in [-0.2, -0.15) is 8.78 Å². The Morgan fingerprint density at radius 3 is 2.60 bits per heavy atom. The summed E-state index contributed by atoms with van der Waals surface area (Å²) in [5, 5.41) is 0. The summed E-state index contributed by atoms with van der Waals surface area (Å²) in [5.41, 5.74) is 5.70. The largest absolute Gasteiger partial charge is 0.350 e. The van der Waals surface area contributed by atoms with E-state index in [0.717, 1.165) is 19.3 Å². The zero-order chi connectivity index (χ0) is 11.5. The van der Waals surface area contributed by atoms with Gasteiger partial charge in [-0.15, -0.1) is 0 Å². The SMILES string of the molecule is NC1CCCC(CNS(=O)(=O)C(F)F)C1. The molecule has 2 atom stereocenters. The minimum absolute atomic E-state index is 0.0693. The first-order valence-electron chi connectivity index (χ1n) is 4.94. The van der Waals surface area contributed by atoms with E-state index in [4.69, 9.17) is 5.73 Å². The third-order valence-electron chi connectivity index (χ3n) is 2.63. The van der Waals surface area contributed by atoms with Gasteiger partial charge in [-0.1, -0.05) is 6.42 Å². The topological polar surface area (TPSA) is 72.2 Å². The first kappa shape index (κ1) is 12.8. The Balaban J connectivity index is 2.37. The Hall–Kier alpha value is -0.270. The van der Waals surface area contributed by atoms with Gasteiger partial charge in [-0.05, 0) is 25.2 Å². The van der Waals surface area contributed by atoms with Crippen LogP contribution in [0.3, 0.4) is 0 Å². The van der Waals surface area contributed by atoms with Crippen molar-refractivity contribution in [2.45, 2.75) is 37.5 Å². The molecule has 15 heavy (non-hydrogen) atoms. The van der Waals surface area contributed by atoms with Crippen LogP contribution in [-0.2, 0) is 10.0 Å². The van der Waals surface area contributed by atoms with Crippen LogP contribution in [-0.4, -0.2) is 26.8 Å². The van der Waals surface area contributed by atoms with Crippen molar-refractivity contribution in [2.75, 3.05) is 6.54 Å². The van der Waals surface area contributed by atoms with Crippen molar-refractivity contribution in [2.24, 2.45) is 11.7 Å². The Bertz CT molecular complexity index is 295. The summed E-state index contributed by atoms with van der Waals surface area (Å²) in [4.78, 5) is 0. The molecule has 0 amide bonds. The van der Waals surface area contributed by atoms with Gasteiger partial charge in [0.05, 0.1) is 0 Å². The molecule has 0 aromatic rings. The summed E-state index contributed by atoms with van der Waals surface area (Å²) in [6.07, 6.45) is 3.41. The molecule has 90 valence electrons. The van der Waals surface area contributed by atoms with Crippen molar-refractivity contribution in [1.82, 2.24) is 4.72 Å². The fourth-order valence-electron chi connectivity index (χ4n) is 1.81. The Morgan fingerprint density at radius 2 is 2.07 bits per heavy atom. The lowest BCUT2D eigenvalue weighted by Crippen LogP contribution is -2.37. The predicted octanol–water partition coefficient (Wildman–Crippen LogP) is 0.646. The second-order valence-corrected chi connectivity index (χ2v) is 5.68. The van der Waals surface area contributed by atoms with Crippen LogP contribution in [0.4, 0.5) is 8.78 Å². The van der Waals surface area contributed by atoms with Crippen molar-refractivity contribution < 1.29 is 17.2 Å². The molecular weight excluding hydrogens is 226 g/mol. The quantitative estimate of drug-likeness (QED) is 0.760. The van der Waals surface area contributed by atoms with E-state index in [1.807, 2.05) is 4.72 Å². The summed E-state index contributed by atoms with van der Waals surface area (Å²) < 4.78 is 47.4. The Kier molecular flexibility index (Phi) is 4.42. The molecule has 2 unspecified atom stereocenters. The van der Waals surface area contributed by atoms with Gasteiger partial charge in [0.1, 0.15) is 0 Å². The highest BCUT2D eigenvalue weighted by molar-refractivity contribution is 7.89. The van der Waals surface area contributed by atoms with Crippen molar-refractivity contribution in [3.8, 4) is 0 Å². The van der Waals surface area contributed by atoms with E-state index in [9.17, 15) is 17.2 Å². The third kappa shape index (κ3) is 4.00. The highest BCUT2D eigenvalue weighted by Crippen LogP contribution is 2.22. The molecule has 4 nitrogen and oxygen atoms in total.